The number of carbonyl (C=O) groups excluding carboxylic acids is 2. The van der Waals surface area contributed by atoms with Gasteiger partial charge < -0.3 is 4.90 Å². The van der Waals surface area contributed by atoms with Crippen LogP contribution >= 0.6 is 55.8 Å². The van der Waals surface area contributed by atoms with Crippen molar-refractivity contribution < 1.29 is 9.59 Å². The zero-order valence-electron chi connectivity index (χ0n) is 14.6. The third-order valence-corrected chi connectivity index (χ3v) is 7.41. The molecule has 1 aromatic carbocycles. The Hall–Kier alpha value is -0.440. The molecule has 26 heavy (non-hydrogen) atoms. The molecule has 2 aliphatic rings. The molecule has 140 valence electrons. The summed E-state index contributed by atoms with van der Waals surface area (Å²) in [6, 6.07) is 5.42. The standard InChI is InChI=1S/C18H20Br2N2O2S2/c1-10-5-11(2)9-21(8-10)18(25)26-15-7-16(23)22(17(15)24)14-4-3-12(19)6-13(14)20/h3-4,6,10-11,15H,5,7-9H2,1-2H3/t10-,11+,15-/m0/s1. The van der Waals surface area contributed by atoms with E-state index in [1.807, 2.05) is 12.1 Å². The van der Waals surface area contributed by atoms with Crippen LogP contribution in [0.2, 0.25) is 0 Å². The maximum Gasteiger partial charge on any atom is 0.247 e. The van der Waals surface area contributed by atoms with E-state index in [4.69, 9.17) is 12.2 Å². The highest BCUT2D eigenvalue weighted by Gasteiger charge is 2.42. The van der Waals surface area contributed by atoms with Gasteiger partial charge in [0.25, 0.3) is 0 Å². The van der Waals surface area contributed by atoms with Crippen LogP contribution in [-0.4, -0.2) is 39.4 Å². The van der Waals surface area contributed by atoms with Gasteiger partial charge in [-0.1, -0.05) is 53.8 Å². The van der Waals surface area contributed by atoms with E-state index in [0.29, 0.717) is 22.0 Å². The van der Waals surface area contributed by atoms with Crippen molar-refractivity contribution >= 4 is 77.7 Å². The summed E-state index contributed by atoms with van der Waals surface area (Å²) in [5, 5.41) is -0.446. The van der Waals surface area contributed by atoms with Gasteiger partial charge >= 0.3 is 0 Å². The molecule has 0 radical (unpaired) electrons. The minimum atomic E-state index is -0.446. The van der Waals surface area contributed by atoms with Gasteiger partial charge in [0, 0.05) is 28.5 Å². The van der Waals surface area contributed by atoms with Gasteiger partial charge in [-0.3, -0.25) is 9.59 Å². The second kappa shape index (κ2) is 8.29. The monoisotopic (exact) mass is 518 g/mol. The highest BCUT2D eigenvalue weighted by molar-refractivity contribution is 9.11. The Balaban J connectivity index is 1.71. The van der Waals surface area contributed by atoms with Gasteiger partial charge in [0.2, 0.25) is 11.8 Å². The fourth-order valence-electron chi connectivity index (χ4n) is 3.62. The number of hydrogen-bond donors (Lipinski definition) is 0. The van der Waals surface area contributed by atoms with Crippen molar-refractivity contribution in [3.63, 3.8) is 0 Å². The Morgan fingerprint density at radius 2 is 1.85 bits per heavy atom. The average Bonchev–Trinajstić information content (AvgIpc) is 2.81. The van der Waals surface area contributed by atoms with Crippen LogP contribution in [0, 0.1) is 11.8 Å². The molecule has 0 spiro atoms. The van der Waals surface area contributed by atoms with Gasteiger partial charge in [0.1, 0.15) is 9.57 Å². The Morgan fingerprint density at radius 3 is 2.46 bits per heavy atom. The molecule has 0 aliphatic carbocycles. The number of thiocarbonyl (C=S) groups is 1. The summed E-state index contributed by atoms with van der Waals surface area (Å²) < 4.78 is 2.32. The lowest BCUT2D eigenvalue weighted by molar-refractivity contribution is -0.121. The fraction of sp³-hybridized carbons (Fsp3) is 0.500. The first-order chi connectivity index (χ1) is 12.3. The van der Waals surface area contributed by atoms with E-state index in [-0.39, 0.29) is 18.2 Å². The minimum Gasteiger partial charge on any atom is -0.357 e. The predicted octanol–water partition coefficient (Wildman–Crippen LogP) is 4.84. The summed E-state index contributed by atoms with van der Waals surface area (Å²) in [6.45, 7) is 6.31. The summed E-state index contributed by atoms with van der Waals surface area (Å²) in [5.41, 5.74) is 0.581. The smallest absolute Gasteiger partial charge is 0.247 e. The second-order valence-electron chi connectivity index (χ2n) is 7.09. The predicted molar refractivity (Wildman–Crippen MR) is 117 cm³/mol. The molecule has 2 aliphatic heterocycles. The summed E-state index contributed by atoms with van der Waals surface area (Å²) in [5.74, 6) is 0.809. The van der Waals surface area contributed by atoms with E-state index < -0.39 is 5.25 Å². The number of hydrogen-bond acceptors (Lipinski definition) is 4. The average molecular weight is 520 g/mol. The number of piperidine rings is 1. The molecule has 8 heteroatoms. The van der Waals surface area contributed by atoms with Gasteiger partial charge in [-0.2, -0.15) is 0 Å². The molecule has 0 bridgehead atoms. The molecule has 2 amide bonds. The van der Waals surface area contributed by atoms with Crippen LogP contribution in [0.15, 0.2) is 27.1 Å². The number of carbonyl (C=O) groups is 2. The van der Waals surface area contributed by atoms with Crippen molar-refractivity contribution in [2.75, 3.05) is 18.0 Å². The Bertz CT molecular complexity index is 749. The summed E-state index contributed by atoms with van der Waals surface area (Å²) in [6.07, 6.45) is 1.39. The van der Waals surface area contributed by atoms with E-state index in [1.165, 1.54) is 23.1 Å². The lowest BCUT2D eigenvalue weighted by atomic mass is 9.92. The summed E-state index contributed by atoms with van der Waals surface area (Å²) in [7, 11) is 0. The fourth-order valence-corrected chi connectivity index (χ4v) is 6.32. The number of nitrogens with zero attached hydrogens (tertiary/aromatic N) is 2. The van der Waals surface area contributed by atoms with Gasteiger partial charge in [-0.25, -0.2) is 4.90 Å². The van der Waals surface area contributed by atoms with Gasteiger partial charge in [-0.05, 0) is 52.4 Å². The highest BCUT2D eigenvalue weighted by atomic mass is 79.9. The van der Waals surface area contributed by atoms with Crippen LogP contribution in [0.1, 0.15) is 26.7 Å². The van der Waals surface area contributed by atoms with Crippen LogP contribution in [-0.2, 0) is 9.59 Å². The number of amides is 2. The molecule has 1 aromatic rings. The molecule has 4 nitrogen and oxygen atoms in total. The van der Waals surface area contributed by atoms with E-state index >= 15 is 0 Å². The van der Waals surface area contributed by atoms with Gasteiger partial charge in [0.05, 0.1) is 5.69 Å². The molecule has 2 heterocycles. The molecule has 0 saturated carbocycles. The number of imide groups is 1. The number of thioether (sulfide) groups is 1. The van der Waals surface area contributed by atoms with Crippen molar-refractivity contribution in [3.8, 4) is 0 Å². The minimum absolute atomic E-state index is 0.182. The Morgan fingerprint density at radius 1 is 1.19 bits per heavy atom. The number of anilines is 1. The van der Waals surface area contributed by atoms with E-state index in [2.05, 4.69) is 50.6 Å². The lowest BCUT2D eigenvalue weighted by Gasteiger charge is -2.36. The molecule has 3 rings (SSSR count). The SMILES string of the molecule is C[C@@H]1C[C@H](C)CN(C(=S)S[C@H]2CC(=O)N(c3ccc(Br)cc3Br)C2=O)C1. The van der Waals surface area contributed by atoms with E-state index in [0.717, 1.165) is 21.9 Å². The molecule has 0 unspecified atom stereocenters. The number of benzene rings is 1. The van der Waals surface area contributed by atoms with Crippen molar-refractivity contribution in [3.05, 3.63) is 27.1 Å². The van der Waals surface area contributed by atoms with Crippen LogP contribution in [0.5, 0.6) is 0 Å². The molecular weight excluding hydrogens is 500 g/mol. The van der Waals surface area contributed by atoms with Crippen molar-refractivity contribution in [2.24, 2.45) is 11.8 Å². The first-order valence-corrected chi connectivity index (χ1v) is 11.4. The lowest BCUT2D eigenvalue weighted by Crippen LogP contribution is -2.41. The highest BCUT2D eigenvalue weighted by Crippen LogP contribution is 2.36. The van der Waals surface area contributed by atoms with Crippen LogP contribution < -0.4 is 4.90 Å². The Kier molecular flexibility index (Phi) is 6.47. The first kappa shape index (κ1) is 20.3. The van der Waals surface area contributed by atoms with Crippen molar-refractivity contribution in [2.45, 2.75) is 31.9 Å². The number of rotatable bonds is 2. The molecular formula is C18H20Br2N2O2S2. The van der Waals surface area contributed by atoms with Crippen molar-refractivity contribution in [1.82, 2.24) is 4.90 Å². The van der Waals surface area contributed by atoms with Crippen LogP contribution in [0.3, 0.4) is 0 Å². The third kappa shape index (κ3) is 4.34. The number of halogens is 2. The van der Waals surface area contributed by atoms with Crippen LogP contribution in [0.25, 0.3) is 0 Å². The maximum atomic E-state index is 12.9. The summed E-state index contributed by atoms with van der Waals surface area (Å²) >= 11 is 13.8. The van der Waals surface area contributed by atoms with Crippen LogP contribution in [0.4, 0.5) is 5.69 Å². The Labute approximate surface area is 180 Å². The van der Waals surface area contributed by atoms with Gasteiger partial charge in [-0.15, -0.1) is 0 Å². The second-order valence-corrected chi connectivity index (χ2v) is 10.7. The summed E-state index contributed by atoms with van der Waals surface area (Å²) in [4.78, 5) is 28.8. The third-order valence-electron chi connectivity index (χ3n) is 4.63. The largest absolute Gasteiger partial charge is 0.357 e. The molecule has 0 aromatic heterocycles. The quantitative estimate of drug-likeness (QED) is 0.413. The zero-order valence-corrected chi connectivity index (χ0v) is 19.4. The first-order valence-electron chi connectivity index (χ1n) is 8.53. The molecule has 3 atom stereocenters. The van der Waals surface area contributed by atoms with Gasteiger partial charge in [0.15, 0.2) is 0 Å². The molecule has 2 saturated heterocycles. The molecule has 2 fully saturated rings. The van der Waals surface area contributed by atoms with E-state index in [1.54, 1.807) is 6.07 Å². The topological polar surface area (TPSA) is 40.6 Å². The number of likely N-dealkylation sites (tertiary alicyclic amines) is 1. The maximum absolute atomic E-state index is 12.9. The normalized spacial score (nSPS) is 26.5. The molecule has 0 N–H and O–H groups in total. The van der Waals surface area contributed by atoms with Crippen molar-refractivity contribution in [1.29, 1.82) is 0 Å². The van der Waals surface area contributed by atoms with E-state index in [9.17, 15) is 9.59 Å². The zero-order chi connectivity index (χ0) is 19.0.